The van der Waals surface area contributed by atoms with Gasteiger partial charge >= 0.3 is 0 Å². The van der Waals surface area contributed by atoms with Crippen molar-refractivity contribution in [1.29, 1.82) is 5.26 Å². The van der Waals surface area contributed by atoms with Crippen LogP contribution in [-0.4, -0.2) is 15.5 Å². The molecule has 0 saturated heterocycles. The van der Waals surface area contributed by atoms with Crippen LogP contribution in [0, 0.1) is 18.3 Å². The Bertz CT molecular complexity index is 371. The average Bonchev–Trinajstić information content (AvgIpc) is 1.99. The third-order valence-electron chi connectivity index (χ3n) is 1.46. The molecular formula is C10H14N4. The molecule has 0 amide bonds. The summed E-state index contributed by atoms with van der Waals surface area (Å²) in [7, 11) is 0. The fourth-order valence-corrected chi connectivity index (χ4v) is 1.07. The van der Waals surface area contributed by atoms with Crippen molar-refractivity contribution < 1.29 is 0 Å². The maximum atomic E-state index is 8.72. The number of aryl methyl sites for hydroxylation is 1. The van der Waals surface area contributed by atoms with Crippen LogP contribution in [0.25, 0.3) is 0 Å². The Hall–Kier alpha value is -1.63. The number of rotatable bonds is 1. The zero-order valence-corrected chi connectivity index (χ0v) is 8.92. The van der Waals surface area contributed by atoms with Crippen molar-refractivity contribution in [3.8, 4) is 6.07 Å². The highest BCUT2D eigenvalue weighted by atomic mass is 15.1. The number of anilines is 1. The van der Waals surface area contributed by atoms with E-state index in [2.05, 4.69) is 15.3 Å². The quantitative estimate of drug-likeness (QED) is 0.734. The number of aromatic nitrogens is 2. The summed E-state index contributed by atoms with van der Waals surface area (Å²) >= 11 is 0. The zero-order valence-electron chi connectivity index (χ0n) is 8.92. The van der Waals surface area contributed by atoms with E-state index in [9.17, 15) is 0 Å². The normalized spacial score (nSPS) is 10.8. The smallest absolute Gasteiger partial charge is 0.146 e. The van der Waals surface area contributed by atoms with Gasteiger partial charge in [0.15, 0.2) is 0 Å². The second-order valence-electron chi connectivity index (χ2n) is 4.17. The molecule has 14 heavy (non-hydrogen) atoms. The van der Waals surface area contributed by atoms with E-state index < -0.39 is 0 Å². The van der Waals surface area contributed by atoms with E-state index in [1.165, 1.54) is 0 Å². The molecule has 4 nitrogen and oxygen atoms in total. The first-order chi connectivity index (χ1) is 6.40. The molecule has 0 atom stereocenters. The van der Waals surface area contributed by atoms with Gasteiger partial charge in [0.2, 0.25) is 0 Å². The van der Waals surface area contributed by atoms with Crippen LogP contribution < -0.4 is 5.32 Å². The molecule has 0 radical (unpaired) electrons. The first-order valence-corrected chi connectivity index (χ1v) is 4.45. The summed E-state index contributed by atoms with van der Waals surface area (Å²) in [5.41, 5.74) is 0.331. The molecule has 1 rings (SSSR count). The Morgan fingerprint density at radius 3 is 2.50 bits per heavy atom. The van der Waals surface area contributed by atoms with Gasteiger partial charge in [-0.15, -0.1) is 0 Å². The second-order valence-corrected chi connectivity index (χ2v) is 4.17. The van der Waals surface area contributed by atoms with Crippen molar-refractivity contribution in [2.45, 2.75) is 33.2 Å². The molecule has 1 N–H and O–H groups in total. The van der Waals surface area contributed by atoms with Gasteiger partial charge < -0.3 is 5.32 Å². The van der Waals surface area contributed by atoms with Crippen LogP contribution in [0.4, 0.5) is 5.82 Å². The van der Waals surface area contributed by atoms with E-state index in [0.29, 0.717) is 17.3 Å². The molecule has 4 heteroatoms. The van der Waals surface area contributed by atoms with Crippen LogP contribution in [0.1, 0.15) is 32.3 Å². The predicted molar refractivity (Wildman–Crippen MR) is 54.9 cm³/mol. The summed E-state index contributed by atoms with van der Waals surface area (Å²) in [6.07, 6.45) is 0. The van der Waals surface area contributed by atoms with Crippen molar-refractivity contribution in [1.82, 2.24) is 9.97 Å². The molecular weight excluding hydrogens is 176 g/mol. The molecule has 0 unspecified atom stereocenters. The summed E-state index contributed by atoms with van der Waals surface area (Å²) in [4.78, 5) is 8.16. The van der Waals surface area contributed by atoms with Gasteiger partial charge in [-0.25, -0.2) is 9.97 Å². The second kappa shape index (κ2) is 3.62. The van der Waals surface area contributed by atoms with Gasteiger partial charge in [0.1, 0.15) is 23.4 Å². The molecule has 0 aliphatic rings. The van der Waals surface area contributed by atoms with Crippen LogP contribution in [0.3, 0.4) is 0 Å². The van der Waals surface area contributed by atoms with E-state index >= 15 is 0 Å². The summed E-state index contributed by atoms with van der Waals surface area (Å²) in [6.45, 7) is 7.89. The summed E-state index contributed by atoms with van der Waals surface area (Å²) in [6, 6.07) is 3.65. The Morgan fingerprint density at radius 1 is 1.36 bits per heavy atom. The molecule has 0 fully saturated rings. The minimum Gasteiger partial charge on any atom is -0.365 e. The molecule has 1 heterocycles. The van der Waals surface area contributed by atoms with Gasteiger partial charge in [0.05, 0.1) is 0 Å². The van der Waals surface area contributed by atoms with Gasteiger partial charge in [-0.05, 0) is 27.7 Å². The highest BCUT2D eigenvalue weighted by Crippen LogP contribution is 2.12. The Kier molecular flexibility index (Phi) is 2.70. The number of nitrogens with one attached hydrogen (secondary N) is 1. The topological polar surface area (TPSA) is 61.6 Å². The molecule has 0 aliphatic carbocycles. The van der Waals surface area contributed by atoms with Crippen LogP contribution in [0.15, 0.2) is 6.07 Å². The number of hydrogen-bond acceptors (Lipinski definition) is 4. The molecule has 74 valence electrons. The van der Waals surface area contributed by atoms with Crippen molar-refractivity contribution >= 4 is 5.82 Å². The first kappa shape index (κ1) is 10.5. The lowest BCUT2D eigenvalue weighted by molar-refractivity contribution is 0.629. The lowest BCUT2D eigenvalue weighted by atomic mass is 10.1. The SMILES string of the molecule is Cc1nc(C#N)cc(NC(C)(C)C)n1. The Labute approximate surface area is 84.0 Å². The molecule has 1 aromatic rings. The van der Waals surface area contributed by atoms with E-state index in [0.717, 1.165) is 0 Å². The van der Waals surface area contributed by atoms with Crippen LogP contribution in [0.2, 0.25) is 0 Å². The summed E-state index contributed by atoms with van der Waals surface area (Å²) < 4.78 is 0. The van der Waals surface area contributed by atoms with Crippen molar-refractivity contribution in [3.63, 3.8) is 0 Å². The first-order valence-electron chi connectivity index (χ1n) is 4.45. The highest BCUT2D eigenvalue weighted by molar-refractivity contribution is 5.41. The van der Waals surface area contributed by atoms with Gasteiger partial charge in [0.25, 0.3) is 0 Å². The van der Waals surface area contributed by atoms with E-state index in [1.54, 1.807) is 13.0 Å². The predicted octanol–water partition coefficient (Wildman–Crippen LogP) is 1.87. The monoisotopic (exact) mass is 190 g/mol. The molecule has 0 aromatic carbocycles. The third kappa shape index (κ3) is 3.02. The average molecular weight is 190 g/mol. The van der Waals surface area contributed by atoms with E-state index in [-0.39, 0.29) is 5.54 Å². The maximum absolute atomic E-state index is 8.72. The number of nitrogens with zero attached hydrogens (tertiary/aromatic N) is 3. The van der Waals surface area contributed by atoms with Crippen molar-refractivity contribution in [3.05, 3.63) is 17.6 Å². The standard InChI is InChI=1S/C10H14N4/c1-7-12-8(6-11)5-9(13-7)14-10(2,3)4/h5H,1-4H3,(H,12,13,14). The maximum Gasteiger partial charge on any atom is 0.146 e. The lowest BCUT2D eigenvalue weighted by Crippen LogP contribution is -2.27. The fraction of sp³-hybridized carbons (Fsp3) is 0.500. The molecule has 0 aliphatic heterocycles. The van der Waals surface area contributed by atoms with Gasteiger partial charge in [0, 0.05) is 11.6 Å². The fourth-order valence-electron chi connectivity index (χ4n) is 1.07. The summed E-state index contributed by atoms with van der Waals surface area (Å²) in [5.74, 6) is 1.30. The molecule has 0 spiro atoms. The lowest BCUT2D eigenvalue weighted by Gasteiger charge is -2.21. The zero-order chi connectivity index (χ0) is 10.8. The van der Waals surface area contributed by atoms with Gasteiger partial charge in [-0.1, -0.05) is 0 Å². The van der Waals surface area contributed by atoms with Gasteiger partial charge in [-0.3, -0.25) is 0 Å². The Morgan fingerprint density at radius 2 is 2.00 bits per heavy atom. The minimum absolute atomic E-state index is 0.0620. The van der Waals surface area contributed by atoms with E-state index in [1.807, 2.05) is 26.8 Å². The van der Waals surface area contributed by atoms with Crippen LogP contribution in [0.5, 0.6) is 0 Å². The molecule has 0 saturated carbocycles. The van der Waals surface area contributed by atoms with Crippen molar-refractivity contribution in [2.24, 2.45) is 0 Å². The Balaban J connectivity index is 3.00. The third-order valence-corrected chi connectivity index (χ3v) is 1.46. The number of hydrogen-bond donors (Lipinski definition) is 1. The van der Waals surface area contributed by atoms with Crippen LogP contribution in [-0.2, 0) is 0 Å². The van der Waals surface area contributed by atoms with Crippen LogP contribution >= 0.6 is 0 Å². The summed E-state index contributed by atoms with van der Waals surface area (Å²) in [5, 5.41) is 11.9. The largest absolute Gasteiger partial charge is 0.365 e. The van der Waals surface area contributed by atoms with E-state index in [4.69, 9.17) is 5.26 Å². The molecule has 1 aromatic heterocycles. The van der Waals surface area contributed by atoms with Crippen molar-refractivity contribution in [2.75, 3.05) is 5.32 Å². The molecule has 0 bridgehead atoms. The highest BCUT2D eigenvalue weighted by Gasteiger charge is 2.11. The number of nitriles is 1. The minimum atomic E-state index is -0.0620. The van der Waals surface area contributed by atoms with Gasteiger partial charge in [-0.2, -0.15) is 5.26 Å².